The first-order valence-corrected chi connectivity index (χ1v) is 20.2. The number of aromatic hydroxyl groups is 2. The van der Waals surface area contributed by atoms with Crippen LogP contribution in [0.1, 0.15) is 57.2 Å². The van der Waals surface area contributed by atoms with E-state index in [2.05, 4.69) is 19.8 Å². The quantitative estimate of drug-likeness (QED) is 0.113. The van der Waals surface area contributed by atoms with E-state index in [-0.39, 0.29) is 41.5 Å². The van der Waals surface area contributed by atoms with Gasteiger partial charge in [-0.2, -0.15) is 0 Å². The van der Waals surface area contributed by atoms with Crippen molar-refractivity contribution in [3.63, 3.8) is 0 Å². The number of pyridine rings is 2. The van der Waals surface area contributed by atoms with Gasteiger partial charge in [0.25, 0.3) is 11.1 Å². The maximum atomic E-state index is 14.4. The van der Waals surface area contributed by atoms with Gasteiger partial charge in [-0.3, -0.25) is 9.59 Å². The van der Waals surface area contributed by atoms with E-state index >= 15 is 0 Å². The van der Waals surface area contributed by atoms with Crippen molar-refractivity contribution in [1.29, 1.82) is 0 Å². The summed E-state index contributed by atoms with van der Waals surface area (Å²) in [7, 11) is 0. The summed E-state index contributed by atoms with van der Waals surface area (Å²) in [6, 6.07) is 19.4. The number of aromatic amines is 2. The second-order valence-corrected chi connectivity index (χ2v) is 15.1. The lowest BCUT2D eigenvalue weighted by Gasteiger charge is -2.38. The van der Waals surface area contributed by atoms with E-state index in [0.717, 1.165) is 23.5 Å². The zero-order valence-corrected chi connectivity index (χ0v) is 34.4. The summed E-state index contributed by atoms with van der Waals surface area (Å²) < 4.78 is 25.2. The number of ether oxygens (including phenoxy) is 2. The van der Waals surface area contributed by atoms with Crippen LogP contribution in [0.25, 0.3) is 0 Å². The molecule has 0 saturated carbocycles. The average Bonchev–Trinajstić information content (AvgIpc) is 3.23. The molecule has 5 aromatic rings. The van der Waals surface area contributed by atoms with E-state index in [4.69, 9.17) is 32.7 Å². The number of hydrogen-bond acceptors (Lipinski definition) is 12. The number of halogens is 3. The lowest BCUT2D eigenvalue weighted by atomic mass is 9.83. The number of hydrogen-bond donors (Lipinski definition) is 4. The van der Waals surface area contributed by atoms with Crippen LogP contribution >= 0.6 is 23.2 Å². The SMILES string of the molecule is CCOC(=O)c1c(N2CCN(c3cccc(Cl)c3)CC2)[nH]c(=O)c(C(c2ccc(F)cc2)c2c(O)c(C(=O)OCC)c(N3CCN(c4cccc(Cl)c4)CC3)[nH]c2=O)c1O. The number of rotatable bonds is 11. The van der Waals surface area contributed by atoms with Gasteiger partial charge in [0.15, 0.2) is 0 Å². The lowest BCUT2D eigenvalue weighted by molar-refractivity contribution is 0.0513. The number of carbonyl (C=O) groups excluding carboxylic acids is 2. The number of esters is 2. The number of carbonyl (C=O) groups is 2. The first-order valence-electron chi connectivity index (χ1n) is 19.5. The Morgan fingerprint density at radius 2 is 1.03 bits per heavy atom. The second-order valence-electron chi connectivity index (χ2n) is 14.2. The summed E-state index contributed by atoms with van der Waals surface area (Å²) in [5.41, 5.74) is -1.79. The molecule has 60 heavy (non-hydrogen) atoms. The standard InChI is InChI=1S/C43H43Cl2FN6O8/c1-3-59-42(57)34-36(53)32(40(55)47-38(34)51-19-15-49(16-20-51)29-9-5-7-26(44)23-29)31(25-11-13-28(46)14-12-25)33-37(54)35(43(58)60-4-2)39(48-41(33)56)52-21-17-50(18-22-52)30-10-6-8-27(45)24-30/h5-14,23-24,31H,3-4,15-22H2,1-2H3,(H2,47,53,55)(H2,48,54,56). The monoisotopic (exact) mass is 860 g/mol. The van der Waals surface area contributed by atoms with Crippen molar-refractivity contribution in [1.82, 2.24) is 9.97 Å². The van der Waals surface area contributed by atoms with Crippen molar-refractivity contribution in [2.75, 3.05) is 85.2 Å². The van der Waals surface area contributed by atoms with E-state index in [9.17, 15) is 33.8 Å². The van der Waals surface area contributed by atoms with Crippen molar-refractivity contribution < 1.29 is 33.7 Å². The van der Waals surface area contributed by atoms with Crippen LogP contribution in [0.5, 0.6) is 11.5 Å². The van der Waals surface area contributed by atoms with Crippen molar-refractivity contribution in [2.45, 2.75) is 19.8 Å². The maximum Gasteiger partial charge on any atom is 0.345 e. The zero-order chi connectivity index (χ0) is 42.7. The Morgan fingerprint density at radius 1 is 0.650 bits per heavy atom. The van der Waals surface area contributed by atoms with Crippen molar-refractivity contribution in [3.8, 4) is 11.5 Å². The summed E-state index contributed by atoms with van der Waals surface area (Å²) in [6.07, 6.45) is 0. The first kappa shape index (κ1) is 42.0. The molecule has 14 nitrogen and oxygen atoms in total. The number of nitrogens with one attached hydrogen (secondary N) is 2. The minimum absolute atomic E-state index is 0.0130. The molecule has 2 saturated heterocycles. The molecule has 2 aliphatic rings. The van der Waals surface area contributed by atoms with Crippen molar-refractivity contribution >= 4 is 58.2 Å². The first-order chi connectivity index (χ1) is 28.9. The Morgan fingerprint density at radius 3 is 1.40 bits per heavy atom. The third kappa shape index (κ3) is 8.45. The summed E-state index contributed by atoms with van der Waals surface area (Å²) in [5, 5.41) is 25.5. The van der Waals surface area contributed by atoms with Crippen LogP contribution in [0, 0.1) is 5.82 Å². The van der Waals surface area contributed by atoms with Gasteiger partial charge < -0.3 is 49.3 Å². The number of benzene rings is 3. The van der Waals surface area contributed by atoms with Crippen LogP contribution in [-0.2, 0) is 9.47 Å². The number of H-pyrrole nitrogens is 2. The molecule has 2 fully saturated rings. The predicted octanol–water partition coefficient (Wildman–Crippen LogP) is 6.11. The van der Waals surface area contributed by atoms with Crippen molar-refractivity contribution in [3.05, 3.63) is 137 Å². The van der Waals surface area contributed by atoms with Crippen LogP contribution in [0.15, 0.2) is 82.4 Å². The molecule has 7 rings (SSSR count). The van der Waals surface area contributed by atoms with Crippen LogP contribution in [-0.4, -0.2) is 97.7 Å². The molecule has 4 heterocycles. The van der Waals surface area contributed by atoms with Gasteiger partial charge in [0.2, 0.25) is 0 Å². The fourth-order valence-corrected chi connectivity index (χ4v) is 8.21. The minimum Gasteiger partial charge on any atom is -0.506 e. The molecule has 0 radical (unpaired) electrons. The van der Waals surface area contributed by atoms with Gasteiger partial charge in [-0.05, 0) is 67.9 Å². The van der Waals surface area contributed by atoms with Gasteiger partial charge in [0, 0.05) is 73.8 Å². The second kappa shape index (κ2) is 18.0. The highest BCUT2D eigenvalue weighted by molar-refractivity contribution is 6.31. The topological polar surface area (TPSA) is 172 Å². The lowest BCUT2D eigenvalue weighted by Crippen LogP contribution is -2.48. The van der Waals surface area contributed by atoms with Crippen LogP contribution in [0.3, 0.4) is 0 Å². The number of piperazine rings is 2. The molecular formula is C43H43Cl2FN6O8. The zero-order valence-electron chi connectivity index (χ0n) is 32.8. The van der Waals surface area contributed by atoms with Crippen LogP contribution in [0.2, 0.25) is 10.0 Å². The Hall–Kier alpha value is -6.19. The highest BCUT2D eigenvalue weighted by Gasteiger charge is 2.38. The largest absolute Gasteiger partial charge is 0.506 e. The number of aromatic nitrogens is 2. The molecule has 0 atom stereocenters. The van der Waals surface area contributed by atoms with Gasteiger partial charge >= 0.3 is 11.9 Å². The Balaban J connectivity index is 1.34. The van der Waals surface area contributed by atoms with E-state index in [1.807, 2.05) is 36.4 Å². The smallest absolute Gasteiger partial charge is 0.345 e. The summed E-state index contributed by atoms with van der Waals surface area (Å²) in [5.74, 6) is -5.89. The molecular weight excluding hydrogens is 818 g/mol. The Bertz CT molecular complexity index is 2370. The van der Waals surface area contributed by atoms with E-state index in [1.165, 1.54) is 12.1 Å². The van der Waals surface area contributed by atoms with Gasteiger partial charge in [0.05, 0.1) is 30.3 Å². The van der Waals surface area contributed by atoms with E-state index < -0.39 is 57.4 Å². The van der Waals surface area contributed by atoms with E-state index in [1.54, 1.807) is 35.8 Å². The average molecular weight is 862 g/mol. The van der Waals surface area contributed by atoms with Crippen LogP contribution in [0.4, 0.5) is 27.4 Å². The molecule has 0 spiro atoms. The third-order valence-corrected chi connectivity index (χ3v) is 11.2. The molecule has 3 aromatic carbocycles. The molecule has 0 unspecified atom stereocenters. The molecule has 314 valence electrons. The summed E-state index contributed by atoms with van der Waals surface area (Å²) >= 11 is 12.5. The minimum atomic E-state index is -1.65. The normalized spacial score (nSPS) is 14.4. The maximum absolute atomic E-state index is 14.4. The van der Waals surface area contributed by atoms with Crippen molar-refractivity contribution in [2.24, 2.45) is 0 Å². The molecule has 0 aliphatic carbocycles. The fourth-order valence-electron chi connectivity index (χ4n) is 7.84. The molecule has 2 aromatic heterocycles. The molecule has 0 bridgehead atoms. The number of nitrogens with zero attached hydrogens (tertiary/aromatic N) is 4. The van der Waals surface area contributed by atoms with Gasteiger partial charge in [0.1, 0.15) is 40.1 Å². The predicted molar refractivity (Wildman–Crippen MR) is 228 cm³/mol. The van der Waals surface area contributed by atoms with Crippen LogP contribution < -0.4 is 30.7 Å². The third-order valence-electron chi connectivity index (χ3n) is 10.7. The fraction of sp³-hybridized carbons (Fsp3) is 0.302. The summed E-state index contributed by atoms with van der Waals surface area (Å²) in [6.45, 7) is 6.13. The Kier molecular flexibility index (Phi) is 12.6. The van der Waals surface area contributed by atoms with Gasteiger partial charge in [-0.1, -0.05) is 47.5 Å². The highest BCUT2D eigenvalue weighted by Crippen LogP contribution is 2.43. The van der Waals surface area contributed by atoms with E-state index in [0.29, 0.717) is 62.4 Å². The molecule has 4 N–H and O–H groups in total. The Labute approximate surface area is 354 Å². The van der Waals surface area contributed by atoms with Gasteiger partial charge in [-0.15, -0.1) is 0 Å². The molecule has 0 amide bonds. The number of anilines is 4. The van der Waals surface area contributed by atoms with Gasteiger partial charge in [-0.25, -0.2) is 14.0 Å². The highest BCUT2D eigenvalue weighted by atomic mass is 35.5. The summed E-state index contributed by atoms with van der Waals surface area (Å²) in [4.78, 5) is 69.5. The molecule has 17 heteroatoms. The molecule has 2 aliphatic heterocycles.